The van der Waals surface area contributed by atoms with Gasteiger partial charge in [0.2, 0.25) is 0 Å². The van der Waals surface area contributed by atoms with Gasteiger partial charge in [-0.2, -0.15) is 0 Å². The molecule has 3 rings (SSSR count). The van der Waals surface area contributed by atoms with Gasteiger partial charge >= 0.3 is 0 Å². The van der Waals surface area contributed by atoms with Crippen LogP contribution in [0.15, 0.2) is 24.3 Å². The van der Waals surface area contributed by atoms with Crippen LogP contribution >= 0.6 is 0 Å². The number of rotatable bonds is 3. The maximum absolute atomic E-state index is 9.38. The normalized spacial score (nSPS) is 28.9. The number of phenols is 1. The lowest BCUT2D eigenvalue weighted by molar-refractivity contribution is 0.0315. The fraction of sp³-hybridized carbons (Fsp3) is 0.667. The first-order valence-electron chi connectivity index (χ1n) is 8.27. The molecule has 1 aliphatic carbocycles. The molecule has 1 saturated carbocycles. The average Bonchev–Trinajstić information content (AvgIpc) is 2.49. The minimum absolute atomic E-state index is 0.367. The lowest BCUT2D eigenvalue weighted by Gasteiger charge is -2.47. The van der Waals surface area contributed by atoms with Crippen LogP contribution in [0.25, 0.3) is 0 Å². The Morgan fingerprint density at radius 3 is 2.60 bits per heavy atom. The molecule has 1 heterocycles. The smallest absolute Gasteiger partial charge is 0.115 e. The molecular formula is C18H27NO. The molecule has 1 aromatic carbocycles. The maximum atomic E-state index is 9.38. The Balaban J connectivity index is 1.66. The minimum Gasteiger partial charge on any atom is -0.508 e. The fourth-order valence-electron chi connectivity index (χ4n) is 4.30. The molecule has 1 saturated heterocycles. The number of hydrogen-bond acceptors (Lipinski definition) is 2. The summed E-state index contributed by atoms with van der Waals surface area (Å²) in [6.45, 7) is 3.66. The number of aromatic hydroxyl groups is 1. The molecular weight excluding hydrogens is 246 g/mol. The van der Waals surface area contributed by atoms with Gasteiger partial charge in [-0.1, -0.05) is 25.0 Å². The molecule has 1 aliphatic heterocycles. The summed E-state index contributed by atoms with van der Waals surface area (Å²) < 4.78 is 0. The molecule has 2 heteroatoms. The van der Waals surface area contributed by atoms with E-state index >= 15 is 0 Å². The zero-order chi connectivity index (χ0) is 13.9. The third-order valence-corrected chi connectivity index (χ3v) is 5.32. The van der Waals surface area contributed by atoms with Crippen LogP contribution in [0.3, 0.4) is 0 Å². The second-order valence-electron chi connectivity index (χ2n) is 6.71. The van der Waals surface area contributed by atoms with Crippen LogP contribution in [-0.2, 0) is 6.42 Å². The van der Waals surface area contributed by atoms with E-state index < -0.39 is 0 Å². The van der Waals surface area contributed by atoms with Crippen molar-refractivity contribution in [2.45, 2.75) is 64.0 Å². The molecule has 2 fully saturated rings. The highest BCUT2D eigenvalue weighted by Crippen LogP contribution is 2.36. The largest absolute Gasteiger partial charge is 0.508 e. The summed E-state index contributed by atoms with van der Waals surface area (Å²) in [4.78, 5) is 2.78. The predicted octanol–water partition coefficient (Wildman–Crippen LogP) is 3.98. The van der Waals surface area contributed by atoms with Crippen molar-refractivity contribution >= 4 is 0 Å². The summed E-state index contributed by atoms with van der Waals surface area (Å²) >= 11 is 0. The van der Waals surface area contributed by atoms with Crippen molar-refractivity contribution in [2.24, 2.45) is 5.92 Å². The highest BCUT2D eigenvalue weighted by atomic mass is 16.3. The van der Waals surface area contributed by atoms with E-state index in [1.165, 1.54) is 50.6 Å². The van der Waals surface area contributed by atoms with Crippen LogP contribution in [-0.4, -0.2) is 28.6 Å². The first-order chi connectivity index (χ1) is 9.74. The molecule has 0 aromatic heterocycles. The summed E-state index contributed by atoms with van der Waals surface area (Å²) in [6.07, 6.45) is 9.65. The van der Waals surface area contributed by atoms with E-state index in [0.717, 1.165) is 18.4 Å². The lowest BCUT2D eigenvalue weighted by atomic mass is 9.77. The van der Waals surface area contributed by atoms with Crippen LogP contribution in [0.1, 0.15) is 51.0 Å². The van der Waals surface area contributed by atoms with E-state index in [-0.39, 0.29) is 0 Å². The molecule has 3 atom stereocenters. The highest BCUT2D eigenvalue weighted by molar-refractivity contribution is 5.26. The van der Waals surface area contributed by atoms with Crippen molar-refractivity contribution in [3.05, 3.63) is 29.8 Å². The van der Waals surface area contributed by atoms with Crippen molar-refractivity contribution in [1.82, 2.24) is 4.90 Å². The molecule has 20 heavy (non-hydrogen) atoms. The van der Waals surface area contributed by atoms with Crippen LogP contribution in [0.4, 0.5) is 0 Å². The number of fused-ring (bicyclic) bond motifs is 1. The van der Waals surface area contributed by atoms with Gasteiger partial charge in [0.25, 0.3) is 0 Å². The van der Waals surface area contributed by atoms with Crippen molar-refractivity contribution in [3.63, 3.8) is 0 Å². The Morgan fingerprint density at radius 2 is 1.80 bits per heavy atom. The van der Waals surface area contributed by atoms with Crippen molar-refractivity contribution in [1.29, 1.82) is 0 Å². The highest BCUT2D eigenvalue weighted by Gasteiger charge is 2.35. The second-order valence-corrected chi connectivity index (χ2v) is 6.71. The Morgan fingerprint density at radius 1 is 1.10 bits per heavy atom. The van der Waals surface area contributed by atoms with Gasteiger partial charge in [0.15, 0.2) is 0 Å². The average molecular weight is 273 g/mol. The van der Waals surface area contributed by atoms with Gasteiger partial charge in [-0.25, -0.2) is 0 Å². The summed E-state index contributed by atoms with van der Waals surface area (Å²) in [7, 11) is 0. The molecule has 0 radical (unpaired) electrons. The zero-order valence-corrected chi connectivity index (χ0v) is 12.6. The van der Waals surface area contributed by atoms with Crippen LogP contribution in [0.2, 0.25) is 0 Å². The first-order valence-corrected chi connectivity index (χ1v) is 8.27. The van der Waals surface area contributed by atoms with E-state index in [4.69, 9.17) is 0 Å². The van der Waals surface area contributed by atoms with Gasteiger partial charge in [-0.05, 0) is 69.2 Å². The summed E-state index contributed by atoms with van der Waals surface area (Å²) in [6, 6.07) is 9.20. The quantitative estimate of drug-likeness (QED) is 0.900. The van der Waals surface area contributed by atoms with Crippen molar-refractivity contribution < 1.29 is 5.11 Å². The van der Waals surface area contributed by atoms with Gasteiger partial charge in [-0.3, -0.25) is 4.90 Å². The molecule has 0 spiro atoms. The van der Waals surface area contributed by atoms with Crippen LogP contribution in [0, 0.1) is 5.92 Å². The molecule has 2 nitrogen and oxygen atoms in total. The van der Waals surface area contributed by atoms with Crippen molar-refractivity contribution in [3.8, 4) is 5.75 Å². The minimum atomic E-state index is 0.367. The van der Waals surface area contributed by atoms with E-state index in [9.17, 15) is 5.11 Å². The van der Waals surface area contributed by atoms with Crippen LogP contribution in [0.5, 0.6) is 5.75 Å². The van der Waals surface area contributed by atoms with Crippen LogP contribution < -0.4 is 0 Å². The molecule has 1 unspecified atom stereocenters. The van der Waals surface area contributed by atoms with Gasteiger partial charge in [0.05, 0.1) is 0 Å². The van der Waals surface area contributed by atoms with E-state index in [1.54, 1.807) is 0 Å². The van der Waals surface area contributed by atoms with Gasteiger partial charge in [0.1, 0.15) is 5.75 Å². The second kappa shape index (κ2) is 6.17. The number of hydrogen-bond donors (Lipinski definition) is 1. The summed E-state index contributed by atoms with van der Waals surface area (Å²) in [5.74, 6) is 1.33. The molecule has 110 valence electrons. The standard InChI is InChI=1S/C18H27NO/c1-14(13-15-8-10-17(20)11-9-15)19-12-4-6-16-5-2-3-7-18(16)19/h8-11,14,16,18,20H,2-7,12-13H2,1H3/t14?,16-,18-/m1/s1. The van der Waals surface area contributed by atoms with Gasteiger partial charge in [0, 0.05) is 12.1 Å². The zero-order valence-electron chi connectivity index (χ0n) is 12.6. The number of likely N-dealkylation sites (tertiary alicyclic amines) is 1. The SMILES string of the molecule is CC(Cc1ccc(O)cc1)N1CCC[C@H]2CCCC[C@H]21. The molecule has 1 aromatic rings. The number of benzene rings is 1. The molecule has 0 bridgehead atoms. The summed E-state index contributed by atoms with van der Waals surface area (Å²) in [5, 5.41) is 9.38. The Hall–Kier alpha value is -1.02. The van der Waals surface area contributed by atoms with E-state index in [0.29, 0.717) is 11.8 Å². The number of phenolic OH excluding ortho intramolecular Hbond substituents is 1. The maximum Gasteiger partial charge on any atom is 0.115 e. The van der Waals surface area contributed by atoms with E-state index in [1.807, 2.05) is 12.1 Å². The predicted molar refractivity (Wildman–Crippen MR) is 83.0 cm³/mol. The molecule has 1 N–H and O–H groups in total. The lowest BCUT2D eigenvalue weighted by Crippen LogP contribution is -2.51. The van der Waals surface area contributed by atoms with Crippen molar-refractivity contribution in [2.75, 3.05) is 6.54 Å². The Kier molecular flexibility index (Phi) is 4.30. The summed E-state index contributed by atoms with van der Waals surface area (Å²) in [5.41, 5.74) is 1.34. The first kappa shape index (κ1) is 13.9. The Bertz CT molecular complexity index is 426. The third-order valence-electron chi connectivity index (χ3n) is 5.32. The Labute approximate surface area is 122 Å². The van der Waals surface area contributed by atoms with Gasteiger partial charge < -0.3 is 5.11 Å². The number of nitrogens with zero attached hydrogens (tertiary/aromatic N) is 1. The third kappa shape index (κ3) is 3.01. The topological polar surface area (TPSA) is 23.5 Å². The molecule has 0 amide bonds. The molecule has 2 aliphatic rings. The number of piperidine rings is 1. The monoisotopic (exact) mass is 273 g/mol. The van der Waals surface area contributed by atoms with Gasteiger partial charge in [-0.15, -0.1) is 0 Å². The fourth-order valence-corrected chi connectivity index (χ4v) is 4.30. The van der Waals surface area contributed by atoms with E-state index in [2.05, 4.69) is 24.0 Å².